The summed E-state index contributed by atoms with van der Waals surface area (Å²) in [4.78, 5) is 22.9. The first-order valence-corrected chi connectivity index (χ1v) is 12.3. The van der Waals surface area contributed by atoms with E-state index in [4.69, 9.17) is 0 Å². The maximum atomic E-state index is 11.5. The average Bonchev–Trinajstić information content (AvgIpc) is 3.06. The lowest BCUT2D eigenvalue weighted by Gasteiger charge is -2.62. The molecule has 0 aromatic carbocycles. The smallest absolute Gasteiger partial charge is 0.317 e. The van der Waals surface area contributed by atoms with Crippen LogP contribution in [0.1, 0.15) is 78.6 Å². The van der Waals surface area contributed by atoms with Gasteiger partial charge in [-0.15, -0.1) is 0 Å². The number of carbonyl (C=O) groups is 2. The molecule has 4 rings (SSSR count). The molecule has 0 heterocycles. The summed E-state index contributed by atoms with van der Waals surface area (Å²) >= 11 is 0. The summed E-state index contributed by atoms with van der Waals surface area (Å²) in [6, 6.07) is 0. The lowest BCUT2D eigenvalue weighted by molar-refractivity contribution is -0.176. The van der Waals surface area contributed by atoms with E-state index in [9.17, 15) is 30.0 Å². The Hall–Kier alpha value is -1.14. The summed E-state index contributed by atoms with van der Waals surface area (Å²) in [6.45, 7) is 6.58. The number of hydrogen-bond acceptors (Lipinski definition) is 4. The molecular formula is C25H40O6. The zero-order valence-electron chi connectivity index (χ0n) is 19.2. The van der Waals surface area contributed by atoms with Crippen LogP contribution in [0.3, 0.4) is 0 Å². The van der Waals surface area contributed by atoms with Gasteiger partial charge in [-0.2, -0.15) is 0 Å². The standard InChI is InChI=1S/C25H40O6/c1-13(10-17(22(28)29)23(30)31)18-6-7-19-16-5-4-14-11-15(26)8-9-24(14,2)20(16)12-21(27)25(18,19)3/h13-21,26-27H,4-12H2,1-3H3,(H,28,29)(H,30,31)/t13?,14-,15-,16?,18?,19?,20?,21+,24+,25-/m1/s1. The molecule has 0 radical (unpaired) electrons. The monoisotopic (exact) mass is 436 g/mol. The highest BCUT2D eigenvalue weighted by molar-refractivity contribution is 5.92. The first kappa shape index (κ1) is 23.0. The lowest BCUT2D eigenvalue weighted by atomic mass is 9.43. The van der Waals surface area contributed by atoms with Gasteiger partial charge in [0.1, 0.15) is 0 Å². The Balaban J connectivity index is 1.56. The van der Waals surface area contributed by atoms with Crippen LogP contribution < -0.4 is 0 Å². The molecule has 6 nitrogen and oxygen atoms in total. The van der Waals surface area contributed by atoms with Gasteiger partial charge < -0.3 is 20.4 Å². The van der Waals surface area contributed by atoms with Gasteiger partial charge in [-0.3, -0.25) is 9.59 Å². The van der Waals surface area contributed by atoms with Crippen molar-refractivity contribution in [3.8, 4) is 0 Å². The second-order valence-electron chi connectivity index (χ2n) is 11.8. The fourth-order valence-corrected chi connectivity index (χ4v) is 9.00. The second kappa shape index (κ2) is 8.02. The molecule has 0 spiro atoms. The van der Waals surface area contributed by atoms with Gasteiger partial charge in [0.15, 0.2) is 5.92 Å². The minimum atomic E-state index is -1.38. The summed E-state index contributed by atoms with van der Waals surface area (Å²) in [5.74, 6) is -1.84. The van der Waals surface area contributed by atoms with Gasteiger partial charge in [0.25, 0.3) is 0 Å². The van der Waals surface area contributed by atoms with E-state index in [2.05, 4.69) is 13.8 Å². The molecule has 10 atom stereocenters. The molecule has 31 heavy (non-hydrogen) atoms. The summed E-state index contributed by atoms with van der Waals surface area (Å²) in [7, 11) is 0. The van der Waals surface area contributed by atoms with Crippen molar-refractivity contribution in [1.29, 1.82) is 0 Å². The molecule has 5 unspecified atom stereocenters. The van der Waals surface area contributed by atoms with E-state index in [1.165, 1.54) is 0 Å². The molecule has 4 aliphatic carbocycles. The first-order valence-electron chi connectivity index (χ1n) is 12.3. The van der Waals surface area contributed by atoms with Gasteiger partial charge in [0.2, 0.25) is 0 Å². The normalized spacial score (nSPS) is 47.9. The highest BCUT2D eigenvalue weighted by Crippen LogP contribution is 2.68. The molecule has 176 valence electrons. The van der Waals surface area contributed by atoms with E-state index in [1.54, 1.807) is 0 Å². The molecule has 0 aliphatic heterocycles. The van der Waals surface area contributed by atoms with Crippen molar-refractivity contribution in [2.45, 2.75) is 90.8 Å². The van der Waals surface area contributed by atoms with Crippen molar-refractivity contribution in [3.63, 3.8) is 0 Å². The number of hydrogen-bond donors (Lipinski definition) is 4. The molecule has 4 saturated carbocycles. The van der Waals surface area contributed by atoms with Gasteiger partial charge >= 0.3 is 11.9 Å². The molecule has 0 bridgehead atoms. The zero-order chi connectivity index (χ0) is 22.7. The molecule has 0 aromatic heterocycles. The molecule has 0 aromatic rings. The van der Waals surface area contributed by atoms with Crippen LogP contribution in [-0.4, -0.2) is 44.6 Å². The van der Waals surface area contributed by atoms with Crippen molar-refractivity contribution in [2.75, 3.05) is 0 Å². The molecule has 0 amide bonds. The van der Waals surface area contributed by atoms with Gasteiger partial charge in [-0.25, -0.2) is 0 Å². The predicted molar refractivity (Wildman–Crippen MR) is 115 cm³/mol. The third-order valence-electron chi connectivity index (χ3n) is 10.7. The quantitative estimate of drug-likeness (QED) is 0.488. The number of aliphatic hydroxyl groups is 2. The number of carboxylic acids is 2. The van der Waals surface area contributed by atoms with Crippen LogP contribution in [0.4, 0.5) is 0 Å². The number of carboxylic acid groups (broad SMARTS) is 2. The Labute approximate surface area is 185 Å². The van der Waals surface area contributed by atoms with E-state index < -0.39 is 24.0 Å². The fraction of sp³-hybridized carbons (Fsp3) is 0.920. The first-order chi connectivity index (χ1) is 14.5. The number of rotatable bonds is 5. The van der Waals surface area contributed by atoms with Crippen LogP contribution in [0.25, 0.3) is 0 Å². The largest absolute Gasteiger partial charge is 0.481 e. The SMILES string of the molecule is CC(CC(C(=O)O)C(=O)O)C1CCC2C3CC[C@@H]4C[C@H](O)CC[C@]4(C)C3C[C@H](O)[C@]12C. The van der Waals surface area contributed by atoms with Gasteiger partial charge in [0, 0.05) is 0 Å². The average molecular weight is 437 g/mol. The number of fused-ring (bicyclic) bond motifs is 5. The van der Waals surface area contributed by atoms with Crippen LogP contribution in [0.5, 0.6) is 0 Å². The molecular weight excluding hydrogens is 396 g/mol. The maximum Gasteiger partial charge on any atom is 0.317 e. The minimum absolute atomic E-state index is 0.0600. The third kappa shape index (κ3) is 3.52. The van der Waals surface area contributed by atoms with Crippen molar-refractivity contribution in [2.24, 2.45) is 52.3 Å². The molecule has 0 saturated heterocycles. The second-order valence-corrected chi connectivity index (χ2v) is 11.8. The van der Waals surface area contributed by atoms with Gasteiger partial charge in [-0.1, -0.05) is 20.8 Å². The van der Waals surface area contributed by atoms with E-state index in [1.807, 2.05) is 6.92 Å². The molecule has 4 aliphatic rings. The van der Waals surface area contributed by atoms with Gasteiger partial charge in [0.05, 0.1) is 12.2 Å². The highest BCUT2D eigenvalue weighted by atomic mass is 16.4. The highest BCUT2D eigenvalue weighted by Gasteiger charge is 2.63. The Morgan fingerprint density at radius 2 is 1.61 bits per heavy atom. The number of aliphatic hydroxyl groups excluding tert-OH is 2. The molecule has 4 N–H and O–H groups in total. The van der Waals surface area contributed by atoms with Crippen LogP contribution in [0, 0.1) is 52.3 Å². The van der Waals surface area contributed by atoms with E-state index in [0.29, 0.717) is 23.7 Å². The van der Waals surface area contributed by atoms with Crippen LogP contribution >= 0.6 is 0 Å². The Morgan fingerprint density at radius 1 is 0.935 bits per heavy atom. The number of aliphatic carboxylic acids is 2. The van der Waals surface area contributed by atoms with Gasteiger partial charge in [-0.05, 0) is 104 Å². The van der Waals surface area contributed by atoms with E-state index in [-0.39, 0.29) is 35.2 Å². The minimum Gasteiger partial charge on any atom is -0.481 e. The van der Waals surface area contributed by atoms with Crippen LogP contribution in [-0.2, 0) is 9.59 Å². The fourth-order valence-electron chi connectivity index (χ4n) is 9.00. The molecule has 4 fully saturated rings. The Kier molecular flexibility index (Phi) is 5.96. The third-order valence-corrected chi connectivity index (χ3v) is 10.7. The zero-order valence-corrected chi connectivity index (χ0v) is 19.2. The molecule has 6 heteroatoms. The summed E-state index contributed by atoms with van der Waals surface area (Å²) < 4.78 is 0. The maximum absolute atomic E-state index is 11.5. The van der Waals surface area contributed by atoms with Crippen LogP contribution in [0.2, 0.25) is 0 Å². The van der Waals surface area contributed by atoms with E-state index >= 15 is 0 Å². The topological polar surface area (TPSA) is 115 Å². The van der Waals surface area contributed by atoms with Crippen molar-refractivity contribution < 1.29 is 30.0 Å². The Bertz CT molecular complexity index is 709. The van der Waals surface area contributed by atoms with Crippen molar-refractivity contribution in [3.05, 3.63) is 0 Å². The predicted octanol–water partition coefficient (Wildman–Crippen LogP) is 3.79. The van der Waals surface area contributed by atoms with Crippen molar-refractivity contribution >= 4 is 11.9 Å². The summed E-state index contributed by atoms with van der Waals surface area (Å²) in [6.07, 6.45) is 7.35. The van der Waals surface area contributed by atoms with E-state index in [0.717, 1.165) is 51.4 Å². The van der Waals surface area contributed by atoms with Crippen molar-refractivity contribution in [1.82, 2.24) is 0 Å². The summed E-state index contributed by atoms with van der Waals surface area (Å²) in [5.41, 5.74) is -0.0919. The lowest BCUT2D eigenvalue weighted by Crippen LogP contribution is -2.58. The van der Waals surface area contributed by atoms with Crippen LogP contribution in [0.15, 0.2) is 0 Å². The summed E-state index contributed by atoms with van der Waals surface area (Å²) in [5, 5.41) is 40.4. The Morgan fingerprint density at radius 3 is 2.26 bits per heavy atom.